The molecule has 0 aromatic heterocycles. The van der Waals surface area contributed by atoms with E-state index in [4.69, 9.17) is 28.0 Å². The molecule has 2 heterocycles. The molecule has 2 aromatic carbocycles. The van der Waals surface area contributed by atoms with Crippen LogP contribution in [-0.4, -0.2) is 35.8 Å². The highest BCUT2D eigenvalue weighted by Crippen LogP contribution is 2.50. The van der Waals surface area contributed by atoms with Crippen LogP contribution >= 0.6 is 23.2 Å². The van der Waals surface area contributed by atoms with Gasteiger partial charge in [-0.25, -0.2) is 8.78 Å². The zero-order valence-electron chi connectivity index (χ0n) is 17.9. The van der Waals surface area contributed by atoms with Crippen LogP contribution in [0.15, 0.2) is 41.6 Å². The number of amides is 1. The second kappa shape index (κ2) is 8.37. The second-order valence-corrected chi connectivity index (χ2v) is 9.40. The van der Waals surface area contributed by atoms with E-state index in [-0.39, 0.29) is 24.7 Å². The normalized spacial score (nSPS) is 21.8. The van der Waals surface area contributed by atoms with E-state index in [9.17, 15) is 22.4 Å². The molecule has 11 heteroatoms. The molecule has 0 bridgehead atoms. The number of rotatable bonds is 4. The number of hydrogen-bond acceptors (Lipinski definition) is 3. The lowest BCUT2D eigenvalue weighted by Gasteiger charge is -2.45. The fourth-order valence-corrected chi connectivity index (χ4v) is 4.50. The quantitative estimate of drug-likeness (QED) is 0.349. The molecule has 4 nitrogen and oxygen atoms in total. The maximum Gasteiger partial charge on any atom is 0.435 e. The minimum atomic E-state index is -4.93. The smallest absolute Gasteiger partial charge is 0.374 e. The summed E-state index contributed by atoms with van der Waals surface area (Å²) in [5, 5.41) is 2.47. The van der Waals surface area contributed by atoms with Crippen molar-refractivity contribution >= 4 is 34.8 Å². The van der Waals surface area contributed by atoms with Crippen LogP contribution in [0.5, 0.6) is 0 Å². The third-order valence-electron chi connectivity index (χ3n) is 5.97. The summed E-state index contributed by atoms with van der Waals surface area (Å²) in [5.41, 5.74) is -4.58. The van der Waals surface area contributed by atoms with Gasteiger partial charge in [0.05, 0.1) is 34.8 Å². The van der Waals surface area contributed by atoms with Crippen molar-refractivity contribution < 1.29 is 31.6 Å². The molecule has 2 aromatic rings. The van der Waals surface area contributed by atoms with Crippen LogP contribution in [0.25, 0.3) is 0 Å². The molecule has 1 fully saturated rings. The van der Waals surface area contributed by atoms with E-state index in [1.54, 1.807) is 13.8 Å². The van der Waals surface area contributed by atoms with Crippen molar-refractivity contribution in [1.29, 1.82) is 0 Å². The van der Waals surface area contributed by atoms with Gasteiger partial charge < -0.3 is 9.74 Å². The number of carbonyl (C=O) groups is 1. The van der Waals surface area contributed by atoms with Gasteiger partial charge >= 0.3 is 6.18 Å². The average Bonchev–Trinajstić information content (AvgIpc) is 3.21. The Morgan fingerprint density at radius 2 is 1.62 bits per heavy atom. The summed E-state index contributed by atoms with van der Waals surface area (Å²) in [5.74, 6) is -0.720. The Bertz CT molecular complexity index is 1140. The van der Waals surface area contributed by atoms with Gasteiger partial charge in [-0.3, -0.25) is 4.79 Å². The molecule has 0 saturated carbocycles. The number of alkyl halides is 4. The minimum Gasteiger partial charge on any atom is -0.374 e. The molecule has 1 saturated heterocycles. The Kier molecular flexibility index (Phi) is 6.09. The molecule has 2 aliphatic heterocycles. The van der Waals surface area contributed by atoms with Crippen LogP contribution in [-0.2, 0) is 20.9 Å². The molecule has 1 radical (unpaired) electrons. The maximum absolute atomic E-state index is 15.2. The highest BCUT2D eigenvalue weighted by atomic mass is 35.5. The van der Waals surface area contributed by atoms with Gasteiger partial charge in [0.15, 0.2) is 11.5 Å². The van der Waals surface area contributed by atoms with Crippen LogP contribution in [0.4, 0.5) is 22.0 Å². The van der Waals surface area contributed by atoms with Crippen molar-refractivity contribution in [1.82, 2.24) is 4.90 Å². The summed E-state index contributed by atoms with van der Waals surface area (Å²) in [6.07, 6.45) is -5.65. The standard InChI is InChI=1S/C23H18Cl2F5N2O2/c1-12(2)20(33)32-10-21(27,11-32)14-5-3-13(4-6-14)18-9-22(34-31-18,23(28,29)30)15-7-16(24)19(26)17(25)8-15/h3-8H,9-11H2,1-2H3/t22-/m0/s1. The molecule has 0 N–H and O–H groups in total. The molecule has 4 rings (SSSR count). The van der Waals surface area contributed by atoms with Crippen molar-refractivity contribution in [3.8, 4) is 0 Å². The van der Waals surface area contributed by atoms with E-state index < -0.39 is 45.3 Å². The van der Waals surface area contributed by atoms with Crippen molar-refractivity contribution in [3.63, 3.8) is 0 Å². The topological polar surface area (TPSA) is 41.9 Å². The molecule has 181 valence electrons. The molecular weight excluding hydrogens is 502 g/mol. The average molecular weight is 520 g/mol. The Morgan fingerprint density at radius 1 is 1.06 bits per heavy atom. The van der Waals surface area contributed by atoms with E-state index in [1.165, 1.54) is 29.2 Å². The van der Waals surface area contributed by atoms with Gasteiger partial charge in [0.2, 0.25) is 5.91 Å². The monoisotopic (exact) mass is 519 g/mol. The fraction of sp³-hybridized carbons (Fsp3) is 0.348. The summed E-state index contributed by atoms with van der Waals surface area (Å²) in [6, 6.07) is 7.39. The van der Waals surface area contributed by atoms with Crippen molar-refractivity contribution in [2.45, 2.75) is 37.7 Å². The molecule has 0 aliphatic carbocycles. The number of halogens is 7. The zero-order valence-corrected chi connectivity index (χ0v) is 19.5. The van der Waals surface area contributed by atoms with E-state index in [0.717, 1.165) is 12.1 Å². The third-order valence-corrected chi connectivity index (χ3v) is 6.52. The van der Waals surface area contributed by atoms with E-state index in [2.05, 4.69) is 5.16 Å². The maximum atomic E-state index is 15.2. The van der Waals surface area contributed by atoms with Crippen LogP contribution in [0.1, 0.15) is 37.0 Å². The lowest BCUT2D eigenvalue weighted by atomic mass is 9.84. The highest BCUT2D eigenvalue weighted by molar-refractivity contribution is 6.35. The van der Waals surface area contributed by atoms with Crippen LogP contribution in [0, 0.1) is 11.7 Å². The lowest BCUT2D eigenvalue weighted by molar-refractivity contribution is -0.275. The van der Waals surface area contributed by atoms with E-state index in [1.807, 2.05) is 0 Å². The first-order chi connectivity index (χ1) is 15.8. The van der Waals surface area contributed by atoms with Gasteiger partial charge in [0.1, 0.15) is 0 Å². The first-order valence-corrected chi connectivity index (χ1v) is 10.9. The van der Waals surface area contributed by atoms with Crippen molar-refractivity contribution in [3.05, 3.63) is 74.9 Å². The van der Waals surface area contributed by atoms with Gasteiger partial charge in [0, 0.05) is 12.0 Å². The lowest BCUT2D eigenvalue weighted by Crippen LogP contribution is -2.59. The summed E-state index contributed by atoms with van der Waals surface area (Å²) >= 11 is 11.4. The first-order valence-electron chi connectivity index (χ1n) is 10.1. The summed E-state index contributed by atoms with van der Waals surface area (Å²) in [7, 11) is 0. The number of carbonyl (C=O) groups excluding carboxylic acids is 1. The van der Waals surface area contributed by atoms with Crippen LogP contribution < -0.4 is 0 Å². The Morgan fingerprint density at radius 3 is 2.12 bits per heavy atom. The summed E-state index contributed by atoms with van der Waals surface area (Å²) in [4.78, 5) is 18.2. The van der Waals surface area contributed by atoms with E-state index >= 15 is 4.39 Å². The highest BCUT2D eigenvalue weighted by Gasteiger charge is 2.62. The number of likely N-dealkylation sites (tertiary alicyclic amines) is 1. The SMILES string of the molecule is C[C](C)C(=O)N1CC(F)(c2ccc(C3=NO[C@@](c4cc(Cl)c(F)c(Cl)c4)(C(F)(F)F)C3)cc2)C1. The molecule has 0 unspecified atom stereocenters. The molecule has 34 heavy (non-hydrogen) atoms. The van der Waals surface area contributed by atoms with Crippen molar-refractivity contribution in [2.75, 3.05) is 13.1 Å². The van der Waals surface area contributed by atoms with Gasteiger partial charge in [-0.2, -0.15) is 13.2 Å². The largest absolute Gasteiger partial charge is 0.435 e. The first kappa shape index (κ1) is 24.7. The Hall–Kier alpha value is -2.39. The molecule has 1 atom stereocenters. The summed E-state index contributed by atoms with van der Waals surface area (Å²) in [6.45, 7) is 3.08. The molecule has 1 amide bonds. The van der Waals surface area contributed by atoms with Crippen LogP contribution in [0.2, 0.25) is 10.0 Å². The summed E-state index contributed by atoms with van der Waals surface area (Å²) < 4.78 is 71.3. The number of hydrogen-bond donors (Lipinski definition) is 0. The number of benzene rings is 2. The Labute approximate surface area is 202 Å². The number of nitrogens with zero attached hydrogens (tertiary/aromatic N) is 2. The second-order valence-electron chi connectivity index (χ2n) is 8.59. The van der Waals surface area contributed by atoms with Gasteiger partial charge in [-0.15, -0.1) is 0 Å². The molecule has 0 spiro atoms. The van der Waals surface area contributed by atoms with Crippen LogP contribution in [0.3, 0.4) is 0 Å². The predicted molar refractivity (Wildman–Crippen MR) is 117 cm³/mol. The van der Waals surface area contributed by atoms with Crippen molar-refractivity contribution in [2.24, 2.45) is 5.16 Å². The van der Waals surface area contributed by atoms with E-state index in [0.29, 0.717) is 17.0 Å². The fourth-order valence-electron chi connectivity index (χ4n) is 4.01. The predicted octanol–water partition coefficient (Wildman–Crippen LogP) is 6.34. The number of oxime groups is 1. The van der Waals surface area contributed by atoms with Gasteiger partial charge in [0.25, 0.3) is 5.60 Å². The minimum absolute atomic E-state index is 0.0324. The zero-order chi connectivity index (χ0) is 25.1. The molecular formula is C23H18Cl2F5N2O2. The van der Waals surface area contributed by atoms with Gasteiger partial charge in [-0.1, -0.05) is 52.6 Å². The molecule has 2 aliphatic rings. The third kappa shape index (κ3) is 4.02. The van der Waals surface area contributed by atoms with Gasteiger partial charge in [-0.05, 0) is 37.1 Å². The Balaban J connectivity index is 1.56.